The van der Waals surface area contributed by atoms with Crippen LogP contribution >= 0.6 is 0 Å². The smallest absolute Gasteiger partial charge is 0.207 e. The van der Waals surface area contributed by atoms with Gasteiger partial charge in [-0.3, -0.25) is 0 Å². The fraction of sp³-hybridized carbons (Fsp3) is 0.286. The summed E-state index contributed by atoms with van der Waals surface area (Å²) in [6.07, 6.45) is 7.77. The van der Waals surface area contributed by atoms with Crippen molar-refractivity contribution in [3.63, 3.8) is 0 Å². The van der Waals surface area contributed by atoms with Crippen LogP contribution in [-0.4, -0.2) is 12.4 Å². The first kappa shape index (κ1) is 13.0. The Bertz CT molecular complexity index is 413. The number of amidine groups is 1. The normalized spacial score (nSPS) is 11.4. The van der Waals surface area contributed by atoms with Gasteiger partial charge in [0.2, 0.25) is 6.19 Å². The molecule has 0 spiro atoms. The van der Waals surface area contributed by atoms with Crippen LogP contribution in [0.5, 0.6) is 0 Å². The molecule has 1 N–H and O–H groups in total. The molecule has 0 radical (unpaired) electrons. The Kier molecular flexibility index (Phi) is 6.20. The predicted molar refractivity (Wildman–Crippen MR) is 71.4 cm³/mol. The third-order valence-electron chi connectivity index (χ3n) is 2.24. The number of benzene rings is 1. The van der Waals surface area contributed by atoms with Crippen molar-refractivity contribution in [1.29, 1.82) is 5.26 Å². The van der Waals surface area contributed by atoms with Crippen molar-refractivity contribution >= 4 is 11.9 Å². The van der Waals surface area contributed by atoms with Gasteiger partial charge >= 0.3 is 0 Å². The van der Waals surface area contributed by atoms with Gasteiger partial charge in [0.05, 0.1) is 0 Å². The van der Waals surface area contributed by atoms with E-state index in [1.165, 1.54) is 0 Å². The van der Waals surface area contributed by atoms with E-state index in [2.05, 4.69) is 17.2 Å². The quantitative estimate of drug-likeness (QED) is 0.364. The van der Waals surface area contributed by atoms with Gasteiger partial charge in [0, 0.05) is 6.54 Å². The van der Waals surface area contributed by atoms with Gasteiger partial charge in [-0.2, -0.15) is 10.3 Å². The van der Waals surface area contributed by atoms with E-state index in [9.17, 15) is 0 Å². The number of aliphatic imine (C=N–C) groups is 1. The summed E-state index contributed by atoms with van der Waals surface area (Å²) >= 11 is 0. The predicted octanol–water partition coefficient (Wildman–Crippen LogP) is 2.97. The third kappa shape index (κ3) is 5.53. The van der Waals surface area contributed by atoms with E-state index in [4.69, 9.17) is 5.26 Å². The van der Waals surface area contributed by atoms with Gasteiger partial charge in [-0.1, -0.05) is 49.8 Å². The zero-order valence-corrected chi connectivity index (χ0v) is 10.1. The molecule has 0 atom stereocenters. The van der Waals surface area contributed by atoms with E-state index in [-0.39, 0.29) is 0 Å². The molecule has 1 aromatic carbocycles. The number of rotatable bonds is 5. The molecule has 3 heteroatoms. The minimum atomic E-state index is 0.616. The molecule has 0 aliphatic heterocycles. The summed E-state index contributed by atoms with van der Waals surface area (Å²) in [7, 11) is 0. The SMILES string of the molecule is CCCCNC(C=Cc1ccccc1)=NC#N. The minimum Gasteiger partial charge on any atom is -0.369 e. The van der Waals surface area contributed by atoms with Gasteiger partial charge in [-0.05, 0) is 18.1 Å². The highest BCUT2D eigenvalue weighted by Gasteiger charge is 1.92. The molecule has 0 bridgehead atoms. The molecular formula is C14H17N3. The first-order chi connectivity index (χ1) is 8.36. The molecule has 0 heterocycles. The Morgan fingerprint density at radius 3 is 2.82 bits per heavy atom. The van der Waals surface area contributed by atoms with Crippen LogP contribution in [0.3, 0.4) is 0 Å². The van der Waals surface area contributed by atoms with Gasteiger partial charge in [0.25, 0.3) is 0 Å². The van der Waals surface area contributed by atoms with Gasteiger partial charge in [-0.15, -0.1) is 0 Å². The summed E-state index contributed by atoms with van der Waals surface area (Å²) in [6, 6.07) is 9.94. The number of hydrogen-bond acceptors (Lipinski definition) is 2. The second-order valence-corrected chi connectivity index (χ2v) is 3.62. The minimum absolute atomic E-state index is 0.616. The van der Waals surface area contributed by atoms with E-state index in [1.807, 2.05) is 42.5 Å². The lowest BCUT2D eigenvalue weighted by Crippen LogP contribution is -2.22. The Morgan fingerprint density at radius 1 is 1.41 bits per heavy atom. The number of nitrogens with one attached hydrogen (secondary N) is 1. The van der Waals surface area contributed by atoms with E-state index >= 15 is 0 Å². The molecule has 0 saturated heterocycles. The average Bonchev–Trinajstić information content (AvgIpc) is 2.37. The van der Waals surface area contributed by atoms with Crippen LogP contribution in [0.1, 0.15) is 25.3 Å². The molecule has 17 heavy (non-hydrogen) atoms. The molecular weight excluding hydrogens is 210 g/mol. The van der Waals surface area contributed by atoms with E-state index in [1.54, 1.807) is 6.19 Å². The largest absolute Gasteiger partial charge is 0.369 e. The number of unbranched alkanes of at least 4 members (excludes halogenated alkanes) is 1. The van der Waals surface area contributed by atoms with Gasteiger partial charge in [0.1, 0.15) is 5.84 Å². The van der Waals surface area contributed by atoms with E-state index in [0.29, 0.717) is 5.84 Å². The molecule has 0 amide bonds. The average molecular weight is 227 g/mol. The van der Waals surface area contributed by atoms with Crippen LogP contribution in [0, 0.1) is 11.5 Å². The standard InChI is InChI=1S/C14H17N3/c1-2-3-11-16-14(17-12-15)10-9-13-7-5-4-6-8-13/h4-10H,2-3,11H2,1H3,(H,16,17). The fourth-order valence-corrected chi connectivity index (χ4v) is 1.32. The summed E-state index contributed by atoms with van der Waals surface area (Å²) in [5, 5.41) is 11.7. The lowest BCUT2D eigenvalue weighted by Gasteiger charge is -2.02. The second-order valence-electron chi connectivity index (χ2n) is 3.62. The molecule has 0 aliphatic carbocycles. The molecule has 1 rings (SSSR count). The number of hydrogen-bond donors (Lipinski definition) is 1. The summed E-state index contributed by atoms with van der Waals surface area (Å²) in [5.74, 6) is 0.616. The van der Waals surface area contributed by atoms with Crippen LogP contribution in [0.25, 0.3) is 6.08 Å². The van der Waals surface area contributed by atoms with Crippen LogP contribution in [0.15, 0.2) is 41.4 Å². The summed E-state index contributed by atoms with van der Waals surface area (Å²) in [6.45, 7) is 2.97. The topological polar surface area (TPSA) is 48.2 Å². The Hall–Kier alpha value is -2.08. The molecule has 0 unspecified atom stereocenters. The Morgan fingerprint density at radius 2 is 2.18 bits per heavy atom. The van der Waals surface area contributed by atoms with Crippen LogP contribution in [0.2, 0.25) is 0 Å². The molecule has 1 aromatic rings. The Balaban J connectivity index is 2.59. The van der Waals surface area contributed by atoms with Crippen molar-refractivity contribution in [3.05, 3.63) is 42.0 Å². The van der Waals surface area contributed by atoms with Crippen molar-refractivity contribution in [2.24, 2.45) is 4.99 Å². The number of nitrogens with zero attached hydrogens (tertiary/aromatic N) is 2. The van der Waals surface area contributed by atoms with Crippen molar-refractivity contribution in [3.8, 4) is 6.19 Å². The third-order valence-corrected chi connectivity index (χ3v) is 2.24. The van der Waals surface area contributed by atoms with E-state index < -0.39 is 0 Å². The summed E-state index contributed by atoms with van der Waals surface area (Å²) < 4.78 is 0. The zero-order valence-electron chi connectivity index (χ0n) is 10.1. The Labute approximate surface area is 102 Å². The first-order valence-electron chi connectivity index (χ1n) is 5.80. The fourth-order valence-electron chi connectivity index (χ4n) is 1.32. The molecule has 0 aromatic heterocycles. The maximum absolute atomic E-state index is 8.58. The van der Waals surface area contributed by atoms with Gasteiger partial charge < -0.3 is 5.32 Å². The highest BCUT2D eigenvalue weighted by Crippen LogP contribution is 2.00. The van der Waals surface area contributed by atoms with Crippen molar-refractivity contribution < 1.29 is 0 Å². The van der Waals surface area contributed by atoms with Gasteiger partial charge in [0.15, 0.2) is 0 Å². The van der Waals surface area contributed by atoms with Crippen LogP contribution < -0.4 is 5.32 Å². The van der Waals surface area contributed by atoms with Crippen molar-refractivity contribution in [1.82, 2.24) is 5.32 Å². The van der Waals surface area contributed by atoms with Crippen molar-refractivity contribution in [2.75, 3.05) is 6.54 Å². The molecule has 3 nitrogen and oxygen atoms in total. The lowest BCUT2D eigenvalue weighted by molar-refractivity contribution is 0.756. The van der Waals surface area contributed by atoms with E-state index in [0.717, 1.165) is 24.9 Å². The molecule has 0 saturated carbocycles. The zero-order chi connectivity index (χ0) is 12.3. The summed E-state index contributed by atoms with van der Waals surface area (Å²) in [5.41, 5.74) is 1.09. The molecule has 0 aliphatic rings. The lowest BCUT2D eigenvalue weighted by atomic mass is 10.2. The van der Waals surface area contributed by atoms with Crippen molar-refractivity contribution in [2.45, 2.75) is 19.8 Å². The first-order valence-corrected chi connectivity index (χ1v) is 5.80. The number of nitriles is 1. The molecule has 0 fully saturated rings. The maximum Gasteiger partial charge on any atom is 0.207 e. The molecule has 88 valence electrons. The highest BCUT2D eigenvalue weighted by atomic mass is 15.0. The van der Waals surface area contributed by atoms with Gasteiger partial charge in [-0.25, -0.2) is 0 Å². The highest BCUT2D eigenvalue weighted by molar-refractivity contribution is 5.96. The monoisotopic (exact) mass is 227 g/mol. The second kappa shape index (κ2) is 8.12. The van der Waals surface area contributed by atoms with Crippen LogP contribution in [-0.2, 0) is 0 Å². The maximum atomic E-state index is 8.58. The summed E-state index contributed by atoms with van der Waals surface area (Å²) in [4.78, 5) is 3.74. The van der Waals surface area contributed by atoms with Crippen LogP contribution in [0.4, 0.5) is 0 Å².